The Morgan fingerprint density at radius 1 is 1.33 bits per heavy atom. The summed E-state index contributed by atoms with van der Waals surface area (Å²) in [6.07, 6.45) is 0. The van der Waals surface area contributed by atoms with Crippen molar-refractivity contribution < 1.29 is 14.7 Å². The molecule has 0 aromatic rings. The number of carbonyl (C=O) groups is 2. The van der Waals surface area contributed by atoms with E-state index in [0.717, 1.165) is 0 Å². The highest BCUT2D eigenvalue weighted by molar-refractivity contribution is 5.81. The summed E-state index contributed by atoms with van der Waals surface area (Å²) in [5.74, 6) is -0.905. The number of rotatable bonds is 5. The van der Waals surface area contributed by atoms with Crippen LogP contribution in [0.1, 0.15) is 27.7 Å². The van der Waals surface area contributed by atoms with E-state index < -0.39 is 5.97 Å². The van der Waals surface area contributed by atoms with Crippen LogP contribution in [0.5, 0.6) is 0 Å². The highest BCUT2D eigenvalue weighted by atomic mass is 16.4. The lowest BCUT2D eigenvalue weighted by molar-refractivity contribution is -0.143. The van der Waals surface area contributed by atoms with Crippen molar-refractivity contribution in [2.45, 2.75) is 33.7 Å². The molecule has 1 N–H and O–H groups in total. The Bertz CT molecular complexity index is 315. The van der Waals surface area contributed by atoms with E-state index in [9.17, 15) is 9.59 Å². The first kappa shape index (κ1) is 15.0. The number of nitrogens with zero attached hydrogens (tertiary/aromatic N) is 2. The second kappa shape index (κ2) is 6.18. The Balaban J connectivity index is 2.66. The van der Waals surface area contributed by atoms with Gasteiger partial charge in [0.05, 0.1) is 12.0 Å². The molecular weight excluding hydrogens is 232 g/mol. The smallest absolute Gasteiger partial charge is 0.308 e. The third kappa shape index (κ3) is 3.02. The molecule has 0 spiro atoms. The first-order valence-electron chi connectivity index (χ1n) is 6.67. The number of aliphatic carboxylic acids is 1. The number of hydrogen-bond donors (Lipinski definition) is 1. The van der Waals surface area contributed by atoms with Crippen molar-refractivity contribution in [2.75, 3.05) is 26.2 Å². The zero-order chi connectivity index (χ0) is 13.9. The average Bonchev–Trinajstić information content (AvgIpc) is 2.71. The summed E-state index contributed by atoms with van der Waals surface area (Å²) in [4.78, 5) is 27.1. The fraction of sp³-hybridized carbons (Fsp3) is 0.846. The summed E-state index contributed by atoms with van der Waals surface area (Å²) >= 11 is 0. The zero-order valence-electron chi connectivity index (χ0n) is 11.7. The Labute approximate surface area is 109 Å². The zero-order valence-corrected chi connectivity index (χ0v) is 11.7. The highest BCUT2D eigenvalue weighted by Crippen LogP contribution is 2.25. The number of carboxylic acids is 1. The van der Waals surface area contributed by atoms with E-state index in [-0.39, 0.29) is 23.8 Å². The minimum absolute atomic E-state index is 0.0956. The largest absolute Gasteiger partial charge is 0.481 e. The Morgan fingerprint density at radius 3 is 2.28 bits per heavy atom. The molecule has 1 amide bonds. The highest BCUT2D eigenvalue weighted by Gasteiger charge is 2.38. The third-order valence-electron chi connectivity index (χ3n) is 3.94. The van der Waals surface area contributed by atoms with Gasteiger partial charge in [-0.25, -0.2) is 0 Å². The monoisotopic (exact) mass is 256 g/mol. The lowest BCUT2D eigenvalue weighted by Gasteiger charge is -2.29. The number of likely N-dealkylation sites (N-methyl/N-ethyl adjacent to an activating group) is 1. The molecule has 1 rings (SSSR count). The summed E-state index contributed by atoms with van der Waals surface area (Å²) in [6, 6.07) is -0.225. The van der Waals surface area contributed by atoms with E-state index in [1.807, 2.05) is 32.6 Å². The summed E-state index contributed by atoms with van der Waals surface area (Å²) in [6.45, 7) is 10.3. The van der Waals surface area contributed by atoms with Crippen molar-refractivity contribution in [3.05, 3.63) is 0 Å². The van der Waals surface area contributed by atoms with Crippen LogP contribution in [-0.4, -0.2) is 59.0 Å². The minimum atomic E-state index is -0.757. The molecule has 0 aromatic heterocycles. The van der Waals surface area contributed by atoms with E-state index in [4.69, 9.17) is 5.11 Å². The molecule has 1 saturated heterocycles. The second-order valence-electron chi connectivity index (χ2n) is 5.06. The van der Waals surface area contributed by atoms with Gasteiger partial charge in [-0.2, -0.15) is 0 Å². The van der Waals surface area contributed by atoms with Gasteiger partial charge in [0.15, 0.2) is 0 Å². The van der Waals surface area contributed by atoms with E-state index in [1.54, 1.807) is 4.90 Å². The lowest BCUT2D eigenvalue weighted by Crippen LogP contribution is -2.46. The molecule has 0 aromatic carbocycles. The molecule has 1 fully saturated rings. The maximum atomic E-state index is 12.2. The maximum Gasteiger partial charge on any atom is 0.308 e. The van der Waals surface area contributed by atoms with E-state index in [2.05, 4.69) is 0 Å². The molecule has 1 unspecified atom stereocenters. The van der Waals surface area contributed by atoms with Gasteiger partial charge in [-0.15, -0.1) is 0 Å². The van der Waals surface area contributed by atoms with E-state index in [1.165, 1.54) is 0 Å². The number of hydrogen-bond acceptors (Lipinski definition) is 3. The minimum Gasteiger partial charge on any atom is -0.481 e. The van der Waals surface area contributed by atoms with Crippen LogP contribution in [0.2, 0.25) is 0 Å². The van der Waals surface area contributed by atoms with Crippen LogP contribution in [0.3, 0.4) is 0 Å². The fourth-order valence-electron chi connectivity index (χ4n) is 2.60. The predicted octanol–water partition coefficient (Wildman–Crippen LogP) is 0.896. The van der Waals surface area contributed by atoms with Gasteiger partial charge in [-0.3, -0.25) is 14.5 Å². The number of carbonyl (C=O) groups excluding carboxylic acids is 1. The van der Waals surface area contributed by atoms with Gasteiger partial charge in [0.25, 0.3) is 0 Å². The van der Waals surface area contributed by atoms with Crippen LogP contribution < -0.4 is 0 Å². The quantitative estimate of drug-likeness (QED) is 0.794. The molecule has 1 heterocycles. The van der Waals surface area contributed by atoms with Crippen molar-refractivity contribution in [1.82, 2.24) is 9.80 Å². The topological polar surface area (TPSA) is 60.9 Å². The van der Waals surface area contributed by atoms with Crippen LogP contribution in [-0.2, 0) is 9.59 Å². The molecule has 18 heavy (non-hydrogen) atoms. The van der Waals surface area contributed by atoms with Crippen molar-refractivity contribution in [3.8, 4) is 0 Å². The molecule has 0 radical (unpaired) electrons. The van der Waals surface area contributed by atoms with Crippen molar-refractivity contribution in [2.24, 2.45) is 11.8 Å². The van der Waals surface area contributed by atoms with Gasteiger partial charge in [0.2, 0.25) is 5.91 Å². The standard InChI is InChI=1S/C13H24N2O3/c1-5-14(6-2)12(16)10(4)15-7-9(3)11(8-15)13(17)18/h9-11H,5-8H2,1-4H3,(H,17,18)/t9-,10?,11-/m1/s1. The molecular formula is C13H24N2O3. The molecule has 0 bridgehead atoms. The predicted molar refractivity (Wildman–Crippen MR) is 69.3 cm³/mol. The molecule has 104 valence electrons. The van der Waals surface area contributed by atoms with Gasteiger partial charge >= 0.3 is 5.97 Å². The SMILES string of the molecule is CCN(CC)C(=O)C(C)N1C[C@@H](C)[C@H](C(=O)O)C1. The number of amides is 1. The van der Waals surface area contributed by atoms with Crippen LogP contribution in [0.15, 0.2) is 0 Å². The van der Waals surface area contributed by atoms with E-state index >= 15 is 0 Å². The van der Waals surface area contributed by atoms with E-state index in [0.29, 0.717) is 26.2 Å². The van der Waals surface area contributed by atoms with Gasteiger partial charge in [-0.05, 0) is 26.7 Å². The fourth-order valence-corrected chi connectivity index (χ4v) is 2.60. The van der Waals surface area contributed by atoms with Crippen LogP contribution in [0.25, 0.3) is 0 Å². The summed E-state index contributed by atoms with van der Waals surface area (Å²) in [5, 5.41) is 9.10. The lowest BCUT2D eigenvalue weighted by atomic mass is 9.99. The number of likely N-dealkylation sites (tertiary alicyclic amines) is 1. The van der Waals surface area contributed by atoms with Crippen molar-refractivity contribution in [3.63, 3.8) is 0 Å². The third-order valence-corrected chi connectivity index (χ3v) is 3.94. The molecule has 1 aliphatic heterocycles. The second-order valence-corrected chi connectivity index (χ2v) is 5.06. The summed E-state index contributed by atoms with van der Waals surface area (Å²) in [7, 11) is 0. The van der Waals surface area contributed by atoms with Gasteiger partial charge in [0, 0.05) is 26.2 Å². The van der Waals surface area contributed by atoms with Crippen LogP contribution >= 0.6 is 0 Å². The molecule has 3 atom stereocenters. The number of carboxylic acid groups (broad SMARTS) is 1. The van der Waals surface area contributed by atoms with Crippen molar-refractivity contribution in [1.29, 1.82) is 0 Å². The van der Waals surface area contributed by atoms with Gasteiger partial charge in [-0.1, -0.05) is 6.92 Å². The first-order chi connectivity index (χ1) is 8.42. The molecule has 1 aliphatic rings. The molecule has 0 saturated carbocycles. The first-order valence-corrected chi connectivity index (χ1v) is 6.67. The van der Waals surface area contributed by atoms with Crippen molar-refractivity contribution >= 4 is 11.9 Å². The molecule has 0 aliphatic carbocycles. The van der Waals surface area contributed by atoms with Gasteiger partial charge < -0.3 is 10.0 Å². The summed E-state index contributed by atoms with van der Waals surface area (Å²) < 4.78 is 0. The molecule has 5 nitrogen and oxygen atoms in total. The Hall–Kier alpha value is -1.10. The van der Waals surface area contributed by atoms with Crippen LogP contribution in [0.4, 0.5) is 0 Å². The normalized spacial score (nSPS) is 26.0. The molecule has 5 heteroatoms. The Kier molecular flexibility index (Phi) is 5.14. The average molecular weight is 256 g/mol. The van der Waals surface area contributed by atoms with Gasteiger partial charge in [0.1, 0.15) is 0 Å². The maximum absolute atomic E-state index is 12.2. The Morgan fingerprint density at radius 2 is 1.89 bits per heavy atom. The van der Waals surface area contributed by atoms with Crippen LogP contribution in [0, 0.1) is 11.8 Å². The summed E-state index contributed by atoms with van der Waals surface area (Å²) in [5.41, 5.74) is 0.